The minimum Gasteiger partial charge on any atom is -0.366 e. The number of pyridine rings is 1. The van der Waals surface area contributed by atoms with Crippen molar-refractivity contribution in [2.24, 2.45) is 5.92 Å². The van der Waals surface area contributed by atoms with Crippen LogP contribution in [0.5, 0.6) is 0 Å². The number of halogens is 1. The van der Waals surface area contributed by atoms with Crippen LogP contribution in [0.25, 0.3) is 0 Å². The normalized spacial score (nSPS) is 22.7. The summed E-state index contributed by atoms with van der Waals surface area (Å²) in [4.78, 5) is 35.8. The summed E-state index contributed by atoms with van der Waals surface area (Å²) in [5, 5.41) is 0. The van der Waals surface area contributed by atoms with Crippen LogP contribution in [0.1, 0.15) is 23.2 Å². The van der Waals surface area contributed by atoms with Crippen LogP contribution in [-0.4, -0.2) is 65.9 Å². The van der Waals surface area contributed by atoms with Gasteiger partial charge in [-0.2, -0.15) is 0 Å². The molecule has 0 radical (unpaired) electrons. The molecule has 4 rings (SSSR count). The highest BCUT2D eigenvalue weighted by molar-refractivity contribution is 5.94. The highest BCUT2D eigenvalue weighted by Crippen LogP contribution is 2.31. The van der Waals surface area contributed by atoms with Gasteiger partial charge in [0.2, 0.25) is 5.91 Å². The van der Waals surface area contributed by atoms with Gasteiger partial charge in [0.05, 0.1) is 11.5 Å². The van der Waals surface area contributed by atoms with Crippen LogP contribution in [0.2, 0.25) is 0 Å². The van der Waals surface area contributed by atoms with Gasteiger partial charge in [-0.05, 0) is 49.2 Å². The summed E-state index contributed by atoms with van der Waals surface area (Å²) in [6, 6.07) is 9.94. The minimum atomic E-state index is -0.276. The molecule has 0 unspecified atom stereocenters. The van der Waals surface area contributed by atoms with E-state index in [1.165, 1.54) is 12.1 Å². The quantitative estimate of drug-likeness (QED) is 0.782. The smallest absolute Gasteiger partial charge is 0.255 e. The number of carbonyl (C=O) groups is 2. The lowest BCUT2D eigenvalue weighted by Crippen LogP contribution is -2.43. The third-order valence-electron chi connectivity index (χ3n) is 5.99. The van der Waals surface area contributed by atoms with Gasteiger partial charge < -0.3 is 14.7 Å². The second-order valence-electron chi connectivity index (χ2n) is 7.71. The Hall–Kier alpha value is -2.96. The highest BCUT2D eigenvalue weighted by atomic mass is 19.1. The van der Waals surface area contributed by atoms with Crippen molar-refractivity contribution < 1.29 is 14.0 Å². The molecule has 2 fully saturated rings. The summed E-state index contributed by atoms with van der Waals surface area (Å²) in [7, 11) is 1.83. The fourth-order valence-electron chi connectivity index (χ4n) is 4.39. The fourth-order valence-corrected chi connectivity index (χ4v) is 4.39. The van der Waals surface area contributed by atoms with Gasteiger partial charge in [0.15, 0.2) is 0 Å². The van der Waals surface area contributed by atoms with E-state index in [1.807, 2.05) is 11.9 Å². The van der Waals surface area contributed by atoms with Gasteiger partial charge in [-0.15, -0.1) is 0 Å². The number of amides is 2. The number of likely N-dealkylation sites (tertiary alicyclic amines) is 1. The topological polar surface area (TPSA) is 56.8 Å². The van der Waals surface area contributed by atoms with Gasteiger partial charge in [-0.1, -0.05) is 0 Å². The Balaban J connectivity index is 1.60. The molecule has 2 aliphatic heterocycles. The molecule has 2 amide bonds. The fraction of sp³-hybridized carbons (Fsp3) is 0.409. The van der Waals surface area contributed by atoms with Gasteiger partial charge in [0, 0.05) is 57.3 Å². The predicted molar refractivity (Wildman–Crippen MR) is 108 cm³/mol. The standard InChI is InChI=1S/C22H25FN4O2/c1-25-13-14-27(18-6-4-17(23)5-7-18)20-9-12-26(11-8-19(20)22(25)29)21(28)16-3-2-10-24-15-16/h2-7,10,15,19-20H,8-9,11-14H2,1H3/t19-,20-/m0/s1. The molecule has 0 bridgehead atoms. The van der Waals surface area contributed by atoms with Crippen LogP contribution >= 0.6 is 0 Å². The number of hydrogen-bond donors (Lipinski definition) is 0. The summed E-state index contributed by atoms with van der Waals surface area (Å²) in [6.07, 6.45) is 4.52. The number of carbonyl (C=O) groups excluding carboxylic acids is 2. The zero-order valence-corrected chi connectivity index (χ0v) is 16.5. The first-order valence-corrected chi connectivity index (χ1v) is 10.0. The Morgan fingerprint density at radius 2 is 1.83 bits per heavy atom. The van der Waals surface area contributed by atoms with Crippen molar-refractivity contribution in [1.29, 1.82) is 0 Å². The van der Waals surface area contributed by atoms with E-state index in [4.69, 9.17) is 0 Å². The van der Waals surface area contributed by atoms with Crippen LogP contribution in [-0.2, 0) is 4.79 Å². The Labute approximate surface area is 169 Å². The van der Waals surface area contributed by atoms with Crippen molar-refractivity contribution in [2.45, 2.75) is 18.9 Å². The first kappa shape index (κ1) is 19.4. The second-order valence-corrected chi connectivity index (χ2v) is 7.71. The Kier molecular flexibility index (Phi) is 5.47. The third kappa shape index (κ3) is 3.95. The minimum absolute atomic E-state index is 0.0235. The van der Waals surface area contributed by atoms with Crippen molar-refractivity contribution in [3.8, 4) is 0 Å². The molecule has 2 saturated heterocycles. The Bertz CT molecular complexity index is 874. The lowest BCUT2D eigenvalue weighted by atomic mass is 9.92. The van der Waals surface area contributed by atoms with Crippen LogP contribution in [0.15, 0.2) is 48.8 Å². The van der Waals surface area contributed by atoms with Gasteiger partial charge >= 0.3 is 0 Å². The van der Waals surface area contributed by atoms with Crippen LogP contribution in [0, 0.1) is 11.7 Å². The predicted octanol–water partition coefficient (Wildman–Crippen LogP) is 2.42. The van der Waals surface area contributed by atoms with E-state index < -0.39 is 0 Å². The molecule has 3 heterocycles. The molecule has 29 heavy (non-hydrogen) atoms. The van der Waals surface area contributed by atoms with Gasteiger partial charge in [-0.3, -0.25) is 14.6 Å². The summed E-state index contributed by atoms with van der Waals surface area (Å²) < 4.78 is 13.4. The van der Waals surface area contributed by atoms with E-state index in [0.29, 0.717) is 44.6 Å². The number of anilines is 1. The van der Waals surface area contributed by atoms with E-state index >= 15 is 0 Å². The second kappa shape index (κ2) is 8.19. The number of hydrogen-bond acceptors (Lipinski definition) is 4. The summed E-state index contributed by atoms with van der Waals surface area (Å²) >= 11 is 0. The van der Waals surface area contributed by atoms with Gasteiger partial charge in [0.1, 0.15) is 5.82 Å². The number of rotatable bonds is 2. The monoisotopic (exact) mass is 396 g/mol. The number of benzene rings is 1. The molecule has 6 nitrogen and oxygen atoms in total. The van der Waals surface area contributed by atoms with E-state index in [2.05, 4.69) is 9.88 Å². The van der Waals surface area contributed by atoms with Crippen LogP contribution in [0.4, 0.5) is 10.1 Å². The van der Waals surface area contributed by atoms with Crippen molar-refractivity contribution in [2.75, 3.05) is 38.1 Å². The molecule has 7 heteroatoms. The number of likely N-dealkylation sites (N-methyl/N-ethyl adjacent to an activating group) is 1. The Morgan fingerprint density at radius 3 is 2.55 bits per heavy atom. The first-order valence-electron chi connectivity index (χ1n) is 10.0. The zero-order chi connectivity index (χ0) is 20.4. The molecule has 2 atom stereocenters. The first-order chi connectivity index (χ1) is 14.0. The molecule has 0 saturated carbocycles. The molecule has 1 aromatic heterocycles. The molecule has 2 aliphatic rings. The van der Waals surface area contributed by atoms with Crippen LogP contribution in [0.3, 0.4) is 0 Å². The van der Waals surface area contributed by atoms with Crippen molar-refractivity contribution >= 4 is 17.5 Å². The average Bonchev–Trinajstić information content (AvgIpc) is 3.03. The molecule has 152 valence electrons. The SMILES string of the molecule is CN1CCN(c2ccc(F)cc2)[C@H]2CCN(C(=O)c3cccnc3)CC[C@@H]2C1=O. The number of nitrogens with zero attached hydrogens (tertiary/aromatic N) is 4. The van der Waals surface area contributed by atoms with Crippen molar-refractivity contribution in [3.05, 3.63) is 60.2 Å². The maximum atomic E-state index is 13.4. The zero-order valence-electron chi connectivity index (χ0n) is 16.5. The highest BCUT2D eigenvalue weighted by Gasteiger charge is 2.40. The van der Waals surface area contributed by atoms with E-state index in [0.717, 1.165) is 5.69 Å². The number of fused-ring (bicyclic) bond motifs is 1. The maximum absolute atomic E-state index is 13.4. The molecular formula is C22H25FN4O2. The summed E-state index contributed by atoms with van der Waals surface area (Å²) in [5.74, 6) is -0.402. The maximum Gasteiger partial charge on any atom is 0.255 e. The van der Waals surface area contributed by atoms with Crippen LogP contribution < -0.4 is 4.90 Å². The van der Waals surface area contributed by atoms with Crippen molar-refractivity contribution in [3.63, 3.8) is 0 Å². The molecule has 0 spiro atoms. The Morgan fingerprint density at radius 1 is 1.07 bits per heavy atom. The lowest BCUT2D eigenvalue weighted by molar-refractivity contribution is -0.134. The van der Waals surface area contributed by atoms with E-state index in [-0.39, 0.29) is 29.6 Å². The lowest BCUT2D eigenvalue weighted by Gasteiger charge is -2.34. The van der Waals surface area contributed by atoms with Gasteiger partial charge in [0.25, 0.3) is 5.91 Å². The molecule has 1 aromatic carbocycles. The average molecular weight is 396 g/mol. The molecular weight excluding hydrogens is 371 g/mol. The number of aromatic nitrogens is 1. The van der Waals surface area contributed by atoms with Crippen molar-refractivity contribution in [1.82, 2.24) is 14.8 Å². The molecule has 0 N–H and O–H groups in total. The van der Waals surface area contributed by atoms with E-state index in [9.17, 15) is 14.0 Å². The largest absolute Gasteiger partial charge is 0.366 e. The van der Waals surface area contributed by atoms with E-state index in [1.54, 1.807) is 41.6 Å². The molecule has 2 aromatic rings. The summed E-state index contributed by atoms with van der Waals surface area (Å²) in [6.45, 7) is 2.42. The summed E-state index contributed by atoms with van der Waals surface area (Å²) in [5.41, 5.74) is 1.48. The molecule has 0 aliphatic carbocycles. The van der Waals surface area contributed by atoms with Gasteiger partial charge in [-0.25, -0.2) is 4.39 Å². The third-order valence-corrected chi connectivity index (χ3v) is 5.99.